The number of benzene rings is 1. The summed E-state index contributed by atoms with van der Waals surface area (Å²) in [5, 5.41) is 10.5. The average Bonchev–Trinajstić information content (AvgIpc) is 2.36. The Morgan fingerprint density at radius 3 is 2.19 bits per heavy atom. The third kappa shape index (κ3) is 5.64. The Morgan fingerprint density at radius 2 is 1.76 bits per heavy atom. The fourth-order valence-corrected chi connectivity index (χ4v) is 3.04. The molecule has 1 N–H and O–H groups in total. The standard InChI is InChI=1S/C19H31ClO/c1-13(2)17(12-21)14(3)16-8-7-15(18(20)11-16)9-10-19(4,5)6/h7-8,11,13-14,17,21H,9-10,12H2,1-6H3/t14?,17-/m0/s1. The van der Waals surface area contributed by atoms with Gasteiger partial charge in [-0.1, -0.05) is 65.3 Å². The van der Waals surface area contributed by atoms with Crippen LogP contribution in [0.5, 0.6) is 0 Å². The van der Waals surface area contributed by atoms with Gasteiger partial charge in [0.05, 0.1) is 0 Å². The largest absolute Gasteiger partial charge is 0.396 e. The minimum absolute atomic E-state index is 0.224. The Labute approximate surface area is 135 Å². The topological polar surface area (TPSA) is 20.2 Å². The highest BCUT2D eigenvalue weighted by molar-refractivity contribution is 6.31. The van der Waals surface area contributed by atoms with Crippen molar-refractivity contribution >= 4 is 11.6 Å². The second-order valence-electron chi connectivity index (χ2n) is 7.79. The summed E-state index contributed by atoms with van der Waals surface area (Å²) in [6.45, 7) is 13.5. The van der Waals surface area contributed by atoms with Crippen LogP contribution >= 0.6 is 11.6 Å². The second-order valence-corrected chi connectivity index (χ2v) is 8.20. The summed E-state index contributed by atoms with van der Waals surface area (Å²) < 4.78 is 0. The Kier molecular flexibility index (Phi) is 6.74. The molecule has 0 heterocycles. The van der Waals surface area contributed by atoms with E-state index in [1.807, 2.05) is 0 Å². The van der Waals surface area contributed by atoms with Crippen molar-refractivity contribution in [3.8, 4) is 0 Å². The van der Waals surface area contributed by atoms with Gasteiger partial charge in [-0.3, -0.25) is 0 Å². The molecule has 0 bridgehead atoms. The first kappa shape index (κ1) is 18.5. The van der Waals surface area contributed by atoms with E-state index in [-0.39, 0.29) is 12.5 Å². The minimum Gasteiger partial charge on any atom is -0.396 e. The monoisotopic (exact) mass is 310 g/mol. The summed E-state index contributed by atoms with van der Waals surface area (Å²) >= 11 is 6.47. The molecule has 2 heteroatoms. The normalized spacial score (nSPS) is 15.3. The van der Waals surface area contributed by atoms with Gasteiger partial charge in [-0.15, -0.1) is 0 Å². The zero-order valence-corrected chi connectivity index (χ0v) is 15.2. The van der Waals surface area contributed by atoms with Crippen LogP contribution < -0.4 is 0 Å². The maximum Gasteiger partial charge on any atom is 0.0467 e. The predicted octanol–water partition coefficient (Wildman–Crippen LogP) is 5.69. The van der Waals surface area contributed by atoms with Gasteiger partial charge in [-0.2, -0.15) is 0 Å². The predicted molar refractivity (Wildman–Crippen MR) is 93.1 cm³/mol. The molecule has 1 unspecified atom stereocenters. The summed E-state index contributed by atoms with van der Waals surface area (Å²) in [5.74, 6) is 1.06. The molecular weight excluding hydrogens is 280 g/mol. The van der Waals surface area contributed by atoms with Gasteiger partial charge >= 0.3 is 0 Å². The van der Waals surface area contributed by atoms with Gasteiger partial charge in [-0.05, 0) is 53.2 Å². The molecule has 0 aliphatic heterocycles. The first-order valence-electron chi connectivity index (χ1n) is 8.05. The van der Waals surface area contributed by atoms with Crippen LogP contribution in [0.25, 0.3) is 0 Å². The molecule has 2 atom stereocenters. The van der Waals surface area contributed by atoms with Crippen LogP contribution in [0.3, 0.4) is 0 Å². The molecule has 0 amide bonds. The lowest BCUT2D eigenvalue weighted by Gasteiger charge is -2.26. The molecule has 0 aromatic heterocycles. The van der Waals surface area contributed by atoms with E-state index in [1.54, 1.807) is 0 Å². The lowest BCUT2D eigenvalue weighted by molar-refractivity contribution is 0.169. The number of aryl methyl sites for hydroxylation is 1. The van der Waals surface area contributed by atoms with Crippen LogP contribution in [-0.4, -0.2) is 11.7 Å². The fraction of sp³-hybridized carbons (Fsp3) is 0.684. The summed E-state index contributed by atoms with van der Waals surface area (Å²) in [6.07, 6.45) is 2.15. The quantitative estimate of drug-likeness (QED) is 0.716. The minimum atomic E-state index is 0.224. The molecule has 0 aliphatic rings. The van der Waals surface area contributed by atoms with Crippen LogP contribution in [0, 0.1) is 17.3 Å². The van der Waals surface area contributed by atoms with E-state index in [0.717, 1.165) is 17.9 Å². The number of halogens is 1. The highest BCUT2D eigenvalue weighted by Crippen LogP contribution is 2.33. The first-order valence-corrected chi connectivity index (χ1v) is 8.42. The van der Waals surface area contributed by atoms with Crippen LogP contribution in [0.1, 0.15) is 65.0 Å². The van der Waals surface area contributed by atoms with Crippen molar-refractivity contribution in [2.24, 2.45) is 17.3 Å². The molecule has 0 fully saturated rings. The van der Waals surface area contributed by atoms with Gasteiger partial charge in [-0.25, -0.2) is 0 Å². The average molecular weight is 311 g/mol. The molecule has 0 aliphatic carbocycles. The van der Waals surface area contributed by atoms with Crippen LogP contribution in [0.4, 0.5) is 0 Å². The molecule has 1 aromatic carbocycles. The maximum absolute atomic E-state index is 9.59. The van der Waals surface area contributed by atoms with Crippen molar-refractivity contribution in [2.45, 2.75) is 60.3 Å². The van der Waals surface area contributed by atoms with Crippen molar-refractivity contribution in [2.75, 3.05) is 6.61 Å². The summed E-state index contributed by atoms with van der Waals surface area (Å²) in [7, 11) is 0. The molecule has 21 heavy (non-hydrogen) atoms. The van der Waals surface area contributed by atoms with Gasteiger partial charge < -0.3 is 5.11 Å². The van der Waals surface area contributed by atoms with Crippen molar-refractivity contribution in [3.63, 3.8) is 0 Å². The summed E-state index contributed by atoms with van der Waals surface area (Å²) in [4.78, 5) is 0. The number of hydrogen-bond acceptors (Lipinski definition) is 1. The van der Waals surface area contributed by atoms with Crippen molar-refractivity contribution in [1.82, 2.24) is 0 Å². The van der Waals surface area contributed by atoms with E-state index < -0.39 is 0 Å². The SMILES string of the molecule is CC(C)[C@H](CO)C(C)c1ccc(CCC(C)(C)C)c(Cl)c1. The van der Waals surface area contributed by atoms with E-state index in [0.29, 0.717) is 17.3 Å². The fourth-order valence-electron chi connectivity index (χ4n) is 2.75. The first-order chi connectivity index (χ1) is 9.65. The Hall–Kier alpha value is -0.530. The molecule has 120 valence electrons. The van der Waals surface area contributed by atoms with E-state index in [4.69, 9.17) is 11.6 Å². The molecule has 0 saturated carbocycles. The maximum atomic E-state index is 9.59. The van der Waals surface area contributed by atoms with Crippen LogP contribution in [0.15, 0.2) is 18.2 Å². The second kappa shape index (κ2) is 7.65. The third-order valence-electron chi connectivity index (χ3n) is 4.46. The van der Waals surface area contributed by atoms with E-state index in [2.05, 4.69) is 59.7 Å². The Morgan fingerprint density at radius 1 is 1.14 bits per heavy atom. The number of hydrogen-bond donors (Lipinski definition) is 1. The van der Waals surface area contributed by atoms with Crippen molar-refractivity contribution in [1.29, 1.82) is 0 Å². The van der Waals surface area contributed by atoms with Crippen molar-refractivity contribution < 1.29 is 5.11 Å². The Balaban J connectivity index is 2.86. The lowest BCUT2D eigenvalue weighted by atomic mass is 9.80. The van der Waals surface area contributed by atoms with E-state index in [9.17, 15) is 5.11 Å². The third-order valence-corrected chi connectivity index (χ3v) is 4.81. The molecule has 0 radical (unpaired) electrons. The molecule has 0 spiro atoms. The molecular formula is C19H31ClO. The van der Waals surface area contributed by atoms with Gasteiger partial charge in [0, 0.05) is 11.6 Å². The van der Waals surface area contributed by atoms with Gasteiger partial charge in [0.1, 0.15) is 0 Å². The van der Waals surface area contributed by atoms with Gasteiger partial charge in [0.25, 0.3) is 0 Å². The molecule has 1 rings (SSSR count). The summed E-state index contributed by atoms with van der Waals surface area (Å²) in [5.41, 5.74) is 2.79. The van der Waals surface area contributed by atoms with Crippen LogP contribution in [-0.2, 0) is 6.42 Å². The van der Waals surface area contributed by atoms with E-state index in [1.165, 1.54) is 11.1 Å². The number of aliphatic hydroxyl groups excluding tert-OH is 1. The van der Waals surface area contributed by atoms with Crippen LogP contribution in [0.2, 0.25) is 5.02 Å². The highest BCUT2D eigenvalue weighted by Gasteiger charge is 2.22. The lowest BCUT2D eigenvalue weighted by Crippen LogP contribution is -2.20. The number of rotatable bonds is 6. The molecule has 1 nitrogen and oxygen atoms in total. The molecule has 1 aromatic rings. The summed E-state index contributed by atoms with van der Waals surface area (Å²) in [6, 6.07) is 6.43. The highest BCUT2D eigenvalue weighted by atomic mass is 35.5. The smallest absolute Gasteiger partial charge is 0.0467 e. The van der Waals surface area contributed by atoms with E-state index >= 15 is 0 Å². The molecule has 0 saturated heterocycles. The Bertz CT molecular complexity index is 445. The van der Waals surface area contributed by atoms with Crippen molar-refractivity contribution in [3.05, 3.63) is 34.3 Å². The zero-order chi connectivity index (χ0) is 16.2. The van der Waals surface area contributed by atoms with Gasteiger partial charge in [0.15, 0.2) is 0 Å². The zero-order valence-electron chi connectivity index (χ0n) is 14.4. The number of aliphatic hydroxyl groups is 1. The van der Waals surface area contributed by atoms with Gasteiger partial charge in [0.2, 0.25) is 0 Å².